The Morgan fingerprint density at radius 1 is 1.50 bits per heavy atom. The topological polar surface area (TPSA) is 54.9 Å². The number of hydrogen-bond donors (Lipinski definition) is 1. The van der Waals surface area contributed by atoms with Crippen LogP contribution >= 0.6 is 11.3 Å². The SMILES string of the molecule is Cc1nnc(C(=O)NCC(F)(F)F)s1. The van der Waals surface area contributed by atoms with Crippen molar-refractivity contribution >= 4 is 17.2 Å². The van der Waals surface area contributed by atoms with Crippen molar-refractivity contribution in [3.8, 4) is 0 Å². The monoisotopic (exact) mass is 225 g/mol. The molecule has 0 saturated heterocycles. The van der Waals surface area contributed by atoms with Crippen LogP contribution in [0, 0.1) is 6.92 Å². The number of nitrogens with zero attached hydrogens (tertiary/aromatic N) is 2. The van der Waals surface area contributed by atoms with Gasteiger partial charge in [0.1, 0.15) is 11.6 Å². The first-order valence-electron chi connectivity index (χ1n) is 3.53. The van der Waals surface area contributed by atoms with Gasteiger partial charge >= 0.3 is 6.18 Å². The largest absolute Gasteiger partial charge is 0.405 e. The lowest BCUT2D eigenvalue weighted by molar-refractivity contribution is -0.123. The molecule has 14 heavy (non-hydrogen) atoms. The predicted octanol–water partition coefficient (Wildman–Crippen LogP) is 1.14. The van der Waals surface area contributed by atoms with Gasteiger partial charge in [-0.1, -0.05) is 11.3 Å². The number of carbonyl (C=O) groups excluding carboxylic acids is 1. The maximum atomic E-state index is 11.7. The first-order valence-corrected chi connectivity index (χ1v) is 4.35. The molecule has 0 radical (unpaired) electrons. The van der Waals surface area contributed by atoms with E-state index >= 15 is 0 Å². The van der Waals surface area contributed by atoms with E-state index in [-0.39, 0.29) is 5.01 Å². The molecule has 78 valence electrons. The molecule has 0 aromatic carbocycles. The molecule has 0 aliphatic rings. The molecule has 0 atom stereocenters. The number of alkyl halides is 3. The summed E-state index contributed by atoms with van der Waals surface area (Å²) in [7, 11) is 0. The first kappa shape index (κ1) is 10.9. The number of rotatable bonds is 2. The van der Waals surface area contributed by atoms with E-state index in [1.54, 1.807) is 12.2 Å². The number of aryl methyl sites for hydroxylation is 1. The predicted molar refractivity (Wildman–Crippen MR) is 43.0 cm³/mol. The van der Waals surface area contributed by atoms with Gasteiger partial charge in [-0.3, -0.25) is 4.79 Å². The highest BCUT2D eigenvalue weighted by Gasteiger charge is 2.28. The quantitative estimate of drug-likeness (QED) is 0.821. The number of amides is 1. The third-order valence-electron chi connectivity index (χ3n) is 1.17. The lowest BCUT2D eigenvalue weighted by atomic mass is 10.5. The second kappa shape index (κ2) is 3.91. The molecule has 8 heteroatoms. The van der Waals surface area contributed by atoms with Crippen LogP contribution in [0.2, 0.25) is 0 Å². The normalized spacial score (nSPS) is 11.4. The molecule has 0 fully saturated rings. The molecule has 0 unspecified atom stereocenters. The Morgan fingerprint density at radius 2 is 2.14 bits per heavy atom. The van der Waals surface area contributed by atoms with Gasteiger partial charge in [0.15, 0.2) is 0 Å². The van der Waals surface area contributed by atoms with Crippen LogP contribution in [0.1, 0.15) is 14.8 Å². The van der Waals surface area contributed by atoms with E-state index in [2.05, 4.69) is 10.2 Å². The Hall–Kier alpha value is -1.18. The van der Waals surface area contributed by atoms with Crippen molar-refractivity contribution in [1.82, 2.24) is 15.5 Å². The van der Waals surface area contributed by atoms with Crippen molar-refractivity contribution in [2.75, 3.05) is 6.54 Å². The standard InChI is InChI=1S/C6H6F3N3OS/c1-3-11-12-5(14-3)4(13)10-2-6(7,8)9/h2H2,1H3,(H,10,13). The summed E-state index contributed by atoms with van der Waals surface area (Å²) in [5.41, 5.74) is 0. The number of carbonyl (C=O) groups is 1. The van der Waals surface area contributed by atoms with Crippen LogP contribution in [0.4, 0.5) is 13.2 Å². The summed E-state index contributed by atoms with van der Waals surface area (Å²) in [6.45, 7) is 0.253. The lowest BCUT2D eigenvalue weighted by Gasteiger charge is -2.05. The number of hydrogen-bond acceptors (Lipinski definition) is 4. The minimum atomic E-state index is -4.41. The van der Waals surface area contributed by atoms with E-state index in [9.17, 15) is 18.0 Å². The highest BCUT2D eigenvalue weighted by molar-refractivity contribution is 7.13. The second-order valence-corrected chi connectivity index (χ2v) is 3.61. The minimum Gasteiger partial charge on any atom is -0.341 e. The summed E-state index contributed by atoms with van der Waals surface area (Å²) >= 11 is 0.945. The van der Waals surface area contributed by atoms with Crippen LogP contribution in [-0.2, 0) is 0 Å². The smallest absolute Gasteiger partial charge is 0.341 e. The van der Waals surface area contributed by atoms with E-state index < -0.39 is 18.6 Å². The van der Waals surface area contributed by atoms with Crippen molar-refractivity contribution in [3.05, 3.63) is 10.0 Å². The Kier molecular flexibility index (Phi) is 3.04. The highest BCUT2D eigenvalue weighted by Crippen LogP contribution is 2.13. The van der Waals surface area contributed by atoms with E-state index in [0.717, 1.165) is 11.3 Å². The van der Waals surface area contributed by atoms with Crippen LogP contribution in [-0.4, -0.2) is 28.8 Å². The maximum Gasteiger partial charge on any atom is 0.405 e. The minimum absolute atomic E-state index is 0.0632. The average molecular weight is 225 g/mol. The Labute approximate surface area is 81.1 Å². The molecule has 1 N–H and O–H groups in total. The fourth-order valence-electron chi connectivity index (χ4n) is 0.644. The van der Waals surface area contributed by atoms with Crippen molar-refractivity contribution in [3.63, 3.8) is 0 Å². The molecule has 1 amide bonds. The van der Waals surface area contributed by atoms with Crippen molar-refractivity contribution in [1.29, 1.82) is 0 Å². The summed E-state index contributed by atoms with van der Waals surface area (Å²) < 4.78 is 35.1. The van der Waals surface area contributed by atoms with Crippen molar-refractivity contribution in [2.24, 2.45) is 0 Å². The fourth-order valence-corrected chi connectivity index (χ4v) is 1.25. The van der Waals surface area contributed by atoms with Gasteiger partial charge < -0.3 is 5.32 Å². The second-order valence-electron chi connectivity index (χ2n) is 2.42. The summed E-state index contributed by atoms with van der Waals surface area (Å²) in [4.78, 5) is 11.0. The molecule has 4 nitrogen and oxygen atoms in total. The van der Waals surface area contributed by atoms with Gasteiger partial charge in [0.25, 0.3) is 5.91 Å². The zero-order valence-electron chi connectivity index (χ0n) is 7.05. The average Bonchev–Trinajstić information content (AvgIpc) is 2.46. The van der Waals surface area contributed by atoms with E-state index in [1.807, 2.05) is 0 Å². The van der Waals surface area contributed by atoms with Crippen LogP contribution in [0.3, 0.4) is 0 Å². The Bertz CT molecular complexity index is 335. The van der Waals surface area contributed by atoms with Gasteiger partial charge in [-0.25, -0.2) is 0 Å². The Morgan fingerprint density at radius 3 is 2.57 bits per heavy atom. The molecule has 0 aliphatic heterocycles. The summed E-state index contributed by atoms with van der Waals surface area (Å²) in [6, 6.07) is 0. The van der Waals surface area contributed by atoms with Gasteiger partial charge in [0.2, 0.25) is 5.01 Å². The maximum absolute atomic E-state index is 11.7. The molecule has 1 heterocycles. The van der Waals surface area contributed by atoms with E-state index in [1.165, 1.54) is 0 Å². The van der Waals surface area contributed by atoms with Gasteiger partial charge in [0.05, 0.1) is 0 Å². The highest BCUT2D eigenvalue weighted by atomic mass is 32.1. The third kappa shape index (κ3) is 3.29. The molecular formula is C6H6F3N3OS. The number of nitrogens with one attached hydrogen (secondary N) is 1. The van der Waals surface area contributed by atoms with Crippen LogP contribution in [0.5, 0.6) is 0 Å². The van der Waals surface area contributed by atoms with Gasteiger partial charge in [-0.05, 0) is 6.92 Å². The summed E-state index contributed by atoms with van der Waals surface area (Å²) in [5, 5.41) is 9.08. The third-order valence-corrected chi connectivity index (χ3v) is 2.01. The van der Waals surface area contributed by atoms with Crippen molar-refractivity contribution in [2.45, 2.75) is 13.1 Å². The van der Waals surface area contributed by atoms with Crippen molar-refractivity contribution < 1.29 is 18.0 Å². The molecule has 0 spiro atoms. The van der Waals surface area contributed by atoms with Crippen LogP contribution in [0.15, 0.2) is 0 Å². The molecule has 0 saturated carbocycles. The zero-order chi connectivity index (χ0) is 10.8. The van der Waals surface area contributed by atoms with E-state index in [0.29, 0.717) is 5.01 Å². The molecule has 1 aromatic heterocycles. The summed E-state index contributed by atoms with van der Waals surface area (Å²) in [5.74, 6) is -0.854. The molecule has 0 aliphatic carbocycles. The zero-order valence-corrected chi connectivity index (χ0v) is 7.87. The Balaban J connectivity index is 2.52. The lowest BCUT2D eigenvalue weighted by Crippen LogP contribution is -2.33. The number of halogens is 3. The number of aromatic nitrogens is 2. The van der Waals surface area contributed by atoms with Gasteiger partial charge in [0, 0.05) is 0 Å². The molecule has 1 aromatic rings. The fraction of sp³-hybridized carbons (Fsp3) is 0.500. The van der Waals surface area contributed by atoms with Crippen LogP contribution < -0.4 is 5.32 Å². The molecule has 0 bridgehead atoms. The summed E-state index contributed by atoms with van der Waals surface area (Å²) in [6.07, 6.45) is -4.41. The van der Waals surface area contributed by atoms with Gasteiger partial charge in [-0.15, -0.1) is 10.2 Å². The van der Waals surface area contributed by atoms with Gasteiger partial charge in [-0.2, -0.15) is 13.2 Å². The van der Waals surface area contributed by atoms with E-state index in [4.69, 9.17) is 0 Å². The van der Waals surface area contributed by atoms with Crippen LogP contribution in [0.25, 0.3) is 0 Å². The molecule has 1 rings (SSSR count). The first-order chi connectivity index (χ1) is 6.38. The molecular weight excluding hydrogens is 219 g/mol.